The number of hydrogen-bond acceptors (Lipinski definition) is 5. The summed E-state index contributed by atoms with van der Waals surface area (Å²) in [6.07, 6.45) is -0.866. The smallest absolute Gasteiger partial charge is 0.312 e. The molecule has 0 aromatic heterocycles. The lowest BCUT2D eigenvalue weighted by molar-refractivity contribution is -0.151. The molecule has 0 bridgehead atoms. The largest absolute Gasteiger partial charge is 0.457 e. The second kappa shape index (κ2) is 12.7. The topological polar surface area (TPSA) is 72.9 Å². The molecule has 0 N–H and O–H groups in total. The molecule has 3 aromatic rings. The minimum absolute atomic E-state index is 0.000849. The number of amides is 1. The first kappa shape index (κ1) is 28.7. The van der Waals surface area contributed by atoms with Crippen LogP contribution >= 0.6 is 23.2 Å². The molecule has 3 aromatic carbocycles. The molecule has 204 valence electrons. The summed E-state index contributed by atoms with van der Waals surface area (Å²) in [7, 11) is 0. The van der Waals surface area contributed by atoms with E-state index in [2.05, 4.69) is 26.0 Å². The van der Waals surface area contributed by atoms with Gasteiger partial charge in [-0.3, -0.25) is 14.4 Å². The van der Waals surface area contributed by atoms with Gasteiger partial charge in [0.1, 0.15) is 11.5 Å². The van der Waals surface area contributed by atoms with Crippen LogP contribution in [-0.2, 0) is 14.3 Å². The Bertz CT molecular complexity index is 1340. The van der Waals surface area contributed by atoms with E-state index in [1.165, 1.54) is 0 Å². The maximum Gasteiger partial charge on any atom is 0.312 e. The number of anilines is 1. The molecule has 1 saturated heterocycles. The number of carbonyl (C=O) groups is 3. The Labute approximate surface area is 238 Å². The Balaban J connectivity index is 1.41. The van der Waals surface area contributed by atoms with Crippen molar-refractivity contribution in [3.05, 3.63) is 88.4 Å². The van der Waals surface area contributed by atoms with Gasteiger partial charge in [-0.1, -0.05) is 37.6 Å². The maximum absolute atomic E-state index is 13.0. The minimum atomic E-state index is -1.03. The van der Waals surface area contributed by atoms with Crippen LogP contribution in [0, 0.1) is 12.8 Å². The number of halogens is 2. The van der Waals surface area contributed by atoms with E-state index in [4.69, 9.17) is 32.7 Å². The Morgan fingerprint density at radius 3 is 2.36 bits per heavy atom. The van der Waals surface area contributed by atoms with Gasteiger partial charge >= 0.3 is 5.97 Å². The van der Waals surface area contributed by atoms with Gasteiger partial charge < -0.3 is 14.4 Å². The molecule has 1 aliphatic heterocycles. The van der Waals surface area contributed by atoms with E-state index in [0.717, 1.165) is 16.9 Å². The number of benzene rings is 3. The molecule has 2 atom stereocenters. The van der Waals surface area contributed by atoms with Gasteiger partial charge in [0.25, 0.3) is 0 Å². The highest BCUT2D eigenvalue weighted by molar-refractivity contribution is 6.30. The SMILES string of the molecule is Cc1ccc(C(C)C)c(Oc2ccc(N3C[C@@H](C(=O)O[C@@H](CCCl)C(=O)c4ccc(Cl)cc4)CC3=O)cc2)c1. The molecule has 0 saturated carbocycles. The second-order valence-electron chi connectivity index (χ2n) is 9.97. The first-order chi connectivity index (χ1) is 18.7. The van der Waals surface area contributed by atoms with E-state index < -0.39 is 18.0 Å². The third-order valence-electron chi connectivity index (χ3n) is 6.68. The summed E-state index contributed by atoms with van der Waals surface area (Å²) < 4.78 is 11.7. The van der Waals surface area contributed by atoms with E-state index in [-0.39, 0.29) is 37.0 Å². The molecule has 0 aliphatic carbocycles. The van der Waals surface area contributed by atoms with Crippen LogP contribution in [-0.4, -0.2) is 36.2 Å². The first-order valence-electron chi connectivity index (χ1n) is 12.9. The van der Waals surface area contributed by atoms with Crippen molar-refractivity contribution in [1.29, 1.82) is 0 Å². The zero-order chi connectivity index (χ0) is 28.1. The fourth-order valence-electron chi connectivity index (χ4n) is 4.52. The molecular formula is C31H31Cl2NO5. The molecule has 1 fully saturated rings. The summed E-state index contributed by atoms with van der Waals surface area (Å²) in [5, 5.41) is 0.497. The molecule has 39 heavy (non-hydrogen) atoms. The first-order valence-corrected chi connectivity index (χ1v) is 13.8. The van der Waals surface area contributed by atoms with Gasteiger partial charge in [-0.05, 0) is 78.6 Å². The van der Waals surface area contributed by atoms with Crippen molar-refractivity contribution < 1.29 is 23.9 Å². The lowest BCUT2D eigenvalue weighted by Crippen LogP contribution is -2.32. The molecule has 8 heteroatoms. The van der Waals surface area contributed by atoms with Gasteiger partial charge in [0, 0.05) is 41.5 Å². The highest BCUT2D eigenvalue weighted by atomic mass is 35.5. The fraction of sp³-hybridized carbons (Fsp3) is 0.323. The van der Waals surface area contributed by atoms with E-state index in [1.807, 2.05) is 25.1 Å². The lowest BCUT2D eigenvalue weighted by atomic mass is 10.0. The number of hydrogen-bond donors (Lipinski definition) is 0. The molecular weight excluding hydrogens is 537 g/mol. The van der Waals surface area contributed by atoms with Crippen LogP contribution in [0.4, 0.5) is 5.69 Å². The summed E-state index contributed by atoms with van der Waals surface area (Å²) in [5.74, 6) is 0.0770. The Kier molecular flexibility index (Phi) is 9.31. The summed E-state index contributed by atoms with van der Waals surface area (Å²) >= 11 is 11.8. The third kappa shape index (κ3) is 7.00. The van der Waals surface area contributed by atoms with Crippen molar-refractivity contribution >= 4 is 46.5 Å². The standard InChI is InChI=1S/C31H31Cl2NO5/c1-19(2)26-13-4-20(3)16-28(26)38-25-11-9-24(10-12-25)34-18-22(17-29(34)35)31(37)39-27(14-15-32)30(36)21-5-7-23(33)8-6-21/h4-13,16,19,22,27H,14-15,17-18H2,1-3H3/t22-,27-/m0/s1. The Hall–Kier alpha value is -3.35. The number of esters is 1. The van der Waals surface area contributed by atoms with Crippen molar-refractivity contribution in [2.75, 3.05) is 17.3 Å². The highest BCUT2D eigenvalue weighted by Gasteiger charge is 2.38. The number of aryl methyl sites for hydroxylation is 1. The average Bonchev–Trinajstić information content (AvgIpc) is 3.30. The quantitative estimate of drug-likeness (QED) is 0.145. The van der Waals surface area contributed by atoms with Crippen molar-refractivity contribution in [2.45, 2.75) is 45.6 Å². The van der Waals surface area contributed by atoms with E-state index >= 15 is 0 Å². The average molecular weight is 568 g/mol. The summed E-state index contributed by atoms with van der Waals surface area (Å²) in [5.41, 5.74) is 3.25. The van der Waals surface area contributed by atoms with Gasteiger partial charge in [-0.15, -0.1) is 11.6 Å². The second-order valence-corrected chi connectivity index (χ2v) is 10.8. The minimum Gasteiger partial charge on any atom is -0.457 e. The zero-order valence-corrected chi connectivity index (χ0v) is 23.7. The molecule has 4 rings (SSSR count). The van der Waals surface area contributed by atoms with Crippen LogP contribution in [0.1, 0.15) is 54.1 Å². The Morgan fingerprint density at radius 1 is 1.03 bits per heavy atom. The van der Waals surface area contributed by atoms with Crippen LogP contribution in [0.2, 0.25) is 5.02 Å². The van der Waals surface area contributed by atoms with Crippen LogP contribution < -0.4 is 9.64 Å². The number of nitrogens with zero attached hydrogens (tertiary/aromatic N) is 1. The molecule has 6 nitrogen and oxygen atoms in total. The number of ether oxygens (including phenoxy) is 2. The Morgan fingerprint density at radius 2 is 1.72 bits per heavy atom. The van der Waals surface area contributed by atoms with Crippen molar-refractivity contribution in [2.24, 2.45) is 5.92 Å². The number of rotatable bonds is 10. The predicted molar refractivity (Wildman–Crippen MR) is 153 cm³/mol. The fourth-order valence-corrected chi connectivity index (χ4v) is 4.85. The van der Waals surface area contributed by atoms with Crippen LogP contribution in [0.3, 0.4) is 0 Å². The van der Waals surface area contributed by atoms with Crippen molar-refractivity contribution in [3.63, 3.8) is 0 Å². The predicted octanol–water partition coefficient (Wildman–Crippen LogP) is 7.34. The summed E-state index contributed by atoms with van der Waals surface area (Å²) in [6.45, 7) is 6.42. The van der Waals surface area contributed by atoms with Gasteiger partial charge in [0.15, 0.2) is 6.10 Å². The van der Waals surface area contributed by atoms with Gasteiger partial charge in [0.2, 0.25) is 11.7 Å². The van der Waals surface area contributed by atoms with Gasteiger partial charge in [-0.25, -0.2) is 0 Å². The lowest BCUT2D eigenvalue weighted by Gasteiger charge is -2.20. The van der Waals surface area contributed by atoms with Crippen LogP contribution in [0.25, 0.3) is 0 Å². The van der Waals surface area contributed by atoms with E-state index in [1.54, 1.807) is 41.3 Å². The molecule has 0 radical (unpaired) electrons. The number of ketones is 1. The summed E-state index contributed by atoms with van der Waals surface area (Å²) in [6, 6.07) is 19.7. The monoisotopic (exact) mass is 567 g/mol. The normalized spacial score (nSPS) is 15.9. The van der Waals surface area contributed by atoms with Crippen LogP contribution in [0.5, 0.6) is 11.5 Å². The zero-order valence-electron chi connectivity index (χ0n) is 22.2. The maximum atomic E-state index is 13.0. The van der Waals surface area contributed by atoms with E-state index in [0.29, 0.717) is 27.9 Å². The highest BCUT2D eigenvalue weighted by Crippen LogP contribution is 2.33. The summed E-state index contributed by atoms with van der Waals surface area (Å²) in [4.78, 5) is 40.3. The molecule has 1 heterocycles. The third-order valence-corrected chi connectivity index (χ3v) is 7.15. The van der Waals surface area contributed by atoms with E-state index in [9.17, 15) is 14.4 Å². The van der Waals surface area contributed by atoms with Gasteiger partial charge in [0.05, 0.1) is 5.92 Å². The molecule has 0 spiro atoms. The molecule has 1 aliphatic rings. The van der Waals surface area contributed by atoms with Crippen molar-refractivity contribution in [1.82, 2.24) is 0 Å². The van der Waals surface area contributed by atoms with Crippen molar-refractivity contribution in [3.8, 4) is 11.5 Å². The molecule has 1 amide bonds. The number of alkyl halides is 1. The number of carbonyl (C=O) groups excluding carboxylic acids is 3. The van der Waals surface area contributed by atoms with Gasteiger partial charge in [-0.2, -0.15) is 0 Å². The number of Topliss-reactive ketones (excluding diaryl/α,β-unsaturated/α-hetero) is 1. The van der Waals surface area contributed by atoms with Crippen LogP contribution in [0.15, 0.2) is 66.7 Å². The molecule has 0 unspecified atom stereocenters.